The molecule has 0 spiro atoms. The molecule has 0 N–H and O–H groups in total. The van der Waals surface area contributed by atoms with Crippen LogP contribution in [-0.2, 0) is 21.0 Å². The van der Waals surface area contributed by atoms with Gasteiger partial charge >= 0.3 is 0 Å². The van der Waals surface area contributed by atoms with Crippen molar-refractivity contribution >= 4 is 32.9 Å². The number of allylic oxidation sites excluding steroid dienone is 2. The fourth-order valence-corrected chi connectivity index (χ4v) is 5.56. The molecular formula is C13H13N3O5S2. The Balaban J connectivity index is 1.94. The summed E-state index contributed by atoms with van der Waals surface area (Å²) in [6.45, 7) is 0. The van der Waals surface area contributed by atoms with Crippen LogP contribution in [0.5, 0.6) is 0 Å². The molecule has 1 heterocycles. The second-order valence-corrected chi connectivity index (χ2v) is 8.45. The summed E-state index contributed by atoms with van der Waals surface area (Å²) >= 11 is 0. The van der Waals surface area contributed by atoms with Gasteiger partial charge in [-0.15, -0.1) is 0 Å². The molecule has 8 nitrogen and oxygen atoms in total. The van der Waals surface area contributed by atoms with Crippen molar-refractivity contribution < 1.29 is 17.6 Å². The van der Waals surface area contributed by atoms with Crippen LogP contribution in [0.25, 0.3) is 0 Å². The van der Waals surface area contributed by atoms with Gasteiger partial charge in [0.05, 0.1) is 16.0 Å². The maximum absolute atomic E-state index is 12.6. The lowest BCUT2D eigenvalue weighted by molar-refractivity contribution is -0.384. The molecule has 0 radical (unpaired) electrons. The normalized spacial score (nSPS) is 21.2. The van der Waals surface area contributed by atoms with E-state index < -0.39 is 25.9 Å². The van der Waals surface area contributed by atoms with Crippen LogP contribution in [-0.4, -0.2) is 27.6 Å². The first-order chi connectivity index (χ1) is 10.9. The molecule has 0 fully saturated rings. The van der Waals surface area contributed by atoms with Crippen LogP contribution in [0.1, 0.15) is 25.7 Å². The lowest BCUT2D eigenvalue weighted by Gasteiger charge is -2.26. The Morgan fingerprint density at radius 1 is 1.17 bits per heavy atom. The quantitative estimate of drug-likeness (QED) is 0.609. The van der Waals surface area contributed by atoms with E-state index >= 15 is 0 Å². The summed E-state index contributed by atoms with van der Waals surface area (Å²) in [5.74, 6) is 0. The molecule has 1 aliphatic carbocycles. The lowest BCUT2D eigenvalue weighted by atomic mass is 10.0. The Labute approximate surface area is 135 Å². The van der Waals surface area contributed by atoms with E-state index in [1.165, 1.54) is 6.21 Å². The standard InChI is InChI=1S/C13H13N3O5S2/c17-15(18)11-5-7-12(8-6-11)23(20,21)16-14-9-10-3-1-2-4-13(10)22(16)19/h5-9H,1-4H2. The van der Waals surface area contributed by atoms with Crippen LogP contribution in [0.2, 0.25) is 0 Å². The van der Waals surface area contributed by atoms with Crippen LogP contribution in [0.15, 0.2) is 44.7 Å². The average Bonchev–Trinajstić information content (AvgIpc) is 2.55. The zero-order valence-corrected chi connectivity index (χ0v) is 13.5. The molecule has 23 heavy (non-hydrogen) atoms. The molecule has 0 bridgehead atoms. The molecule has 1 aliphatic heterocycles. The highest BCUT2D eigenvalue weighted by atomic mass is 32.3. The predicted octanol–water partition coefficient (Wildman–Crippen LogP) is 2.08. The van der Waals surface area contributed by atoms with E-state index in [1.54, 1.807) is 0 Å². The lowest BCUT2D eigenvalue weighted by Crippen LogP contribution is -2.32. The van der Waals surface area contributed by atoms with Crippen molar-refractivity contribution in [2.75, 3.05) is 0 Å². The van der Waals surface area contributed by atoms with Gasteiger partial charge in [0.25, 0.3) is 15.7 Å². The molecule has 3 rings (SSSR count). The Morgan fingerprint density at radius 3 is 2.48 bits per heavy atom. The van der Waals surface area contributed by atoms with Gasteiger partial charge in [0.1, 0.15) is 0 Å². The summed E-state index contributed by atoms with van der Waals surface area (Å²) < 4.78 is 38.3. The van der Waals surface area contributed by atoms with Gasteiger partial charge in [0, 0.05) is 17.0 Å². The molecule has 1 unspecified atom stereocenters. The summed E-state index contributed by atoms with van der Waals surface area (Å²) in [6, 6.07) is 4.42. The van der Waals surface area contributed by atoms with Gasteiger partial charge in [-0.1, -0.05) is 3.82 Å². The summed E-state index contributed by atoms with van der Waals surface area (Å²) in [5.41, 5.74) is 0.620. The van der Waals surface area contributed by atoms with E-state index in [0.29, 0.717) is 15.1 Å². The SMILES string of the molecule is O=[N+]([O-])c1ccc(S(=O)(=O)N2N=CC3=C(CCCC3)S2=O)cc1. The molecular weight excluding hydrogens is 342 g/mol. The molecule has 0 saturated carbocycles. The zero-order chi connectivity index (χ0) is 16.6. The van der Waals surface area contributed by atoms with E-state index in [0.717, 1.165) is 49.1 Å². The Morgan fingerprint density at radius 2 is 1.83 bits per heavy atom. The summed E-state index contributed by atoms with van der Waals surface area (Å²) in [4.78, 5) is 10.4. The highest BCUT2D eigenvalue weighted by Crippen LogP contribution is 2.33. The van der Waals surface area contributed by atoms with Crippen molar-refractivity contribution in [3.8, 4) is 0 Å². The monoisotopic (exact) mass is 355 g/mol. The Bertz CT molecular complexity index is 843. The number of nitro benzene ring substituents is 1. The second kappa shape index (κ2) is 5.85. The first-order valence-corrected chi connectivity index (χ1v) is 9.43. The van der Waals surface area contributed by atoms with Gasteiger partial charge < -0.3 is 0 Å². The number of hydrazone groups is 1. The minimum atomic E-state index is -4.13. The van der Waals surface area contributed by atoms with Crippen molar-refractivity contribution in [3.63, 3.8) is 0 Å². The molecule has 0 amide bonds. The summed E-state index contributed by atoms with van der Waals surface area (Å²) in [7, 11) is -6.01. The third kappa shape index (κ3) is 2.79. The van der Waals surface area contributed by atoms with Crippen molar-refractivity contribution in [2.24, 2.45) is 5.10 Å². The van der Waals surface area contributed by atoms with Gasteiger partial charge in [-0.3, -0.25) is 10.1 Å². The van der Waals surface area contributed by atoms with Crippen molar-refractivity contribution in [3.05, 3.63) is 44.9 Å². The van der Waals surface area contributed by atoms with E-state index in [2.05, 4.69) is 5.10 Å². The Kier molecular flexibility index (Phi) is 4.02. The highest BCUT2D eigenvalue weighted by molar-refractivity contribution is 8.02. The number of benzene rings is 1. The van der Waals surface area contributed by atoms with Gasteiger partial charge in [-0.25, -0.2) is 4.21 Å². The topological polar surface area (TPSA) is 110 Å². The molecule has 0 aromatic heterocycles. The fraction of sp³-hybridized carbons (Fsp3) is 0.308. The number of hydrogen-bond acceptors (Lipinski definition) is 6. The number of hydrogen-bond donors (Lipinski definition) is 0. The van der Waals surface area contributed by atoms with Gasteiger partial charge in [0.15, 0.2) is 11.0 Å². The van der Waals surface area contributed by atoms with Gasteiger partial charge in [-0.05, 0) is 43.4 Å². The molecule has 122 valence electrons. The maximum Gasteiger partial charge on any atom is 0.291 e. The van der Waals surface area contributed by atoms with E-state index in [4.69, 9.17) is 0 Å². The minimum absolute atomic E-state index is 0.187. The first-order valence-electron chi connectivity index (χ1n) is 6.89. The Hall–Kier alpha value is -2.07. The fourth-order valence-electron chi connectivity index (χ4n) is 2.47. The zero-order valence-electron chi connectivity index (χ0n) is 11.9. The van der Waals surface area contributed by atoms with E-state index in [9.17, 15) is 22.7 Å². The smallest absolute Gasteiger partial charge is 0.258 e. The number of nitrogens with zero attached hydrogens (tertiary/aromatic N) is 3. The summed E-state index contributed by atoms with van der Waals surface area (Å²) in [5, 5.41) is 14.5. The molecule has 10 heteroatoms. The average molecular weight is 355 g/mol. The number of non-ortho nitro benzene ring substituents is 1. The highest BCUT2D eigenvalue weighted by Gasteiger charge is 2.34. The van der Waals surface area contributed by atoms with E-state index in [-0.39, 0.29) is 10.6 Å². The van der Waals surface area contributed by atoms with Crippen LogP contribution < -0.4 is 0 Å². The maximum atomic E-state index is 12.6. The third-order valence-electron chi connectivity index (χ3n) is 3.67. The summed E-state index contributed by atoms with van der Waals surface area (Å²) in [6.07, 6.45) is 4.61. The van der Waals surface area contributed by atoms with Crippen LogP contribution in [0.3, 0.4) is 0 Å². The largest absolute Gasteiger partial charge is 0.291 e. The van der Waals surface area contributed by atoms with Crippen molar-refractivity contribution in [1.29, 1.82) is 0 Å². The number of sulfonamides is 1. The van der Waals surface area contributed by atoms with Crippen LogP contribution >= 0.6 is 0 Å². The van der Waals surface area contributed by atoms with Crippen LogP contribution in [0, 0.1) is 10.1 Å². The molecule has 1 atom stereocenters. The van der Waals surface area contributed by atoms with E-state index in [1.807, 2.05) is 0 Å². The molecule has 1 aromatic rings. The number of nitro groups is 1. The van der Waals surface area contributed by atoms with Crippen molar-refractivity contribution in [2.45, 2.75) is 30.6 Å². The third-order valence-corrected chi connectivity index (χ3v) is 7.30. The first kappa shape index (κ1) is 15.8. The molecule has 2 aliphatic rings. The minimum Gasteiger partial charge on any atom is -0.258 e. The number of rotatable bonds is 3. The van der Waals surface area contributed by atoms with Crippen molar-refractivity contribution in [1.82, 2.24) is 3.82 Å². The van der Waals surface area contributed by atoms with Crippen LogP contribution in [0.4, 0.5) is 5.69 Å². The molecule has 1 aromatic carbocycles. The van der Waals surface area contributed by atoms with Gasteiger partial charge in [0.2, 0.25) is 0 Å². The predicted molar refractivity (Wildman–Crippen MR) is 84.2 cm³/mol. The molecule has 0 saturated heterocycles. The van der Waals surface area contributed by atoms with Gasteiger partial charge in [-0.2, -0.15) is 13.5 Å². The second-order valence-electron chi connectivity index (χ2n) is 5.11.